The number of carbonyl (C=O) groups excluding carboxylic acids is 2. The molecule has 2 fully saturated rings. The first-order valence-corrected chi connectivity index (χ1v) is 12.9. The maximum absolute atomic E-state index is 14.0. The first-order chi connectivity index (χ1) is 17.7. The standard InChI is InChI=1S/C27H32F2N4O4.Na/c1-15(2)11-31-12-17-5-3-4-6-21(17)33-22(31)14-32-13-19(24(34)25(35)23(32)27(33)37)26(36)30-10-16-7-8-18(28)9-20(16)29;/h7-9,13,15,17,21-22,35H,3-6,10-12,14H2,1-2H3,(H,30,36);/q;+1/p-1. The zero-order chi connectivity index (χ0) is 26.4. The first-order valence-electron chi connectivity index (χ1n) is 12.9. The first kappa shape index (κ1) is 28.7. The summed E-state index contributed by atoms with van der Waals surface area (Å²) in [4.78, 5) is 43.6. The van der Waals surface area contributed by atoms with Gasteiger partial charge in [-0.3, -0.25) is 19.3 Å². The molecule has 2 aliphatic heterocycles. The molecule has 5 rings (SSSR count). The Bertz CT molecular complexity index is 1300. The molecule has 1 saturated heterocycles. The molecule has 2 aromatic rings. The van der Waals surface area contributed by atoms with Gasteiger partial charge in [0, 0.05) is 43.5 Å². The van der Waals surface area contributed by atoms with Gasteiger partial charge in [0.1, 0.15) is 29.1 Å². The van der Waals surface area contributed by atoms with Crippen LogP contribution in [0.15, 0.2) is 29.2 Å². The minimum atomic E-state index is -1.06. The SMILES string of the molecule is CC(C)CN1CC2CCCCC2N2C(=O)c3c([O-])c(=O)c(C(=O)NCc4ccc(F)cc4F)cn3CC12.[Na+]. The van der Waals surface area contributed by atoms with Crippen LogP contribution < -0.4 is 45.4 Å². The molecule has 198 valence electrons. The number of amides is 2. The van der Waals surface area contributed by atoms with E-state index in [-0.39, 0.29) is 66.1 Å². The Morgan fingerprint density at radius 1 is 1.16 bits per heavy atom. The number of nitrogens with one attached hydrogen (secondary N) is 1. The van der Waals surface area contributed by atoms with Gasteiger partial charge in [-0.25, -0.2) is 8.78 Å². The fourth-order valence-electron chi connectivity index (χ4n) is 6.14. The van der Waals surface area contributed by atoms with Gasteiger partial charge in [0.05, 0.1) is 6.54 Å². The van der Waals surface area contributed by atoms with E-state index in [4.69, 9.17) is 0 Å². The molecule has 3 atom stereocenters. The van der Waals surface area contributed by atoms with Gasteiger partial charge in [-0.2, -0.15) is 0 Å². The monoisotopic (exact) mass is 536 g/mol. The summed E-state index contributed by atoms with van der Waals surface area (Å²) < 4.78 is 28.6. The Morgan fingerprint density at radius 2 is 1.89 bits per heavy atom. The van der Waals surface area contributed by atoms with E-state index in [1.165, 1.54) is 16.8 Å². The maximum Gasteiger partial charge on any atom is 1.00 e. The molecular weight excluding hydrogens is 505 g/mol. The van der Waals surface area contributed by atoms with Crippen LogP contribution in [0.4, 0.5) is 8.78 Å². The Labute approximate surface area is 242 Å². The summed E-state index contributed by atoms with van der Waals surface area (Å²) in [5.74, 6) is -3.19. The predicted octanol–water partition coefficient (Wildman–Crippen LogP) is -0.554. The number of nitrogens with zero attached hydrogens (tertiary/aromatic N) is 3. The van der Waals surface area contributed by atoms with E-state index in [1.54, 1.807) is 0 Å². The van der Waals surface area contributed by atoms with Crippen molar-refractivity contribution in [1.29, 1.82) is 0 Å². The third-order valence-electron chi connectivity index (χ3n) is 7.77. The van der Waals surface area contributed by atoms with E-state index in [0.29, 0.717) is 17.9 Å². The minimum Gasteiger partial charge on any atom is -0.868 e. The van der Waals surface area contributed by atoms with E-state index in [1.807, 2.05) is 4.90 Å². The van der Waals surface area contributed by atoms with Crippen LogP contribution in [-0.4, -0.2) is 51.5 Å². The molecule has 0 bridgehead atoms. The zero-order valence-corrected chi connectivity index (χ0v) is 24.0. The molecule has 1 aromatic heterocycles. The molecule has 11 heteroatoms. The van der Waals surface area contributed by atoms with Gasteiger partial charge in [0.2, 0.25) is 0 Å². The smallest absolute Gasteiger partial charge is 0.868 e. The molecule has 3 heterocycles. The number of carbonyl (C=O) groups is 2. The fourth-order valence-corrected chi connectivity index (χ4v) is 6.14. The van der Waals surface area contributed by atoms with Gasteiger partial charge in [0.25, 0.3) is 11.8 Å². The van der Waals surface area contributed by atoms with Crippen LogP contribution in [-0.2, 0) is 13.1 Å². The Morgan fingerprint density at radius 3 is 2.61 bits per heavy atom. The van der Waals surface area contributed by atoms with Gasteiger partial charge in [-0.15, -0.1) is 0 Å². The summed E-state index contributed by atoms with van der Waals surface area (Å²) in [5.41, 5.74) is -1.64. The number of hydrogen-bond acceptors (Lipinski definition) is 5. The summed E-state index contributed by atoms with van der Waals surface area (Å²) in [5, 5.41) is 15.6. The Kier molecular flexibility index (Phi) is 8.66. The number of halogens is 2. The van der Waals surface area contributed by atoms with Gasteiger partial charge in [-0.1, -0.05) is 32.8 Å². The summed E-state index contributed by atoms with van der Waals surface area (Å²) in [6.45, 7) is 5.88. The minimum absolute atomic E-state index is 0. The van der Waals surface area contributed by atoms with Crippen LogP contribution in [0.2, 0.25) is 0 Å². The average Bonchev–Trinajstić information content (AvgIpc) is 2.85. The van der Waals surface area contributed by atoms with Crippen molar-refractivity contribution in [3.8, 4) is 5.75 Å². The normalized spacial score (nSPS) is 22.8. The van der Waals surface area contributed by atoms with E-state index >= 15 is 0 Å². The number of aromatic nitrogens is 1. The molecule has 0 spiro atoms. The largest absolute Gasteiger partial charge is 1.00 e. The fraction of sp³-hybridized carbons (Fsp3) is 0.519. The topological polar surface area (TPSA) is 97.7 Å². The molecule has 0 radical (unpaired) electrons. The van der Waals surface area contributed by atoms with Crippen LogP contribution in [0, 0.1) is 23.5 Å². The van der Waals surface area contributed by atoms with Crippen LogP contribution in [0.3, 0.4) is 0 Å². The third-order valence-corrected chi connectivity index (χ3v) is 7.77. The van der Waals surface area contributed by atoms with Crippen molar-refractivity contribution in [2.24, 2.45) is 11.8 Å². The molecule has 3 aliphatic rings. The van der Waals surface area contributed by atoms with E-state index in [2.05, 4.69) is 24.1 Å². The van der Waals surface area contributed by atoms with Crippen molar-refractivity contribution in [1.82, 2.24) is 19.7 Å². The zero-order valence-electron chi connectivity index (χ0n) is 22.0. The molecule has 1 saturated carbocycles. The van der Waals surface area contributed by atoms with Gasteiger partial charge >= 0.3 is 29.6 Å². The van der Waals surface area contributed by atoms with E-state index in [9.17, 15) is 28.3 Å². The van der Waals surface area contributed by atoms with Crippen molar-refractivity contribution in [3.63, 3.8) is 0 Å². The second-order valence-corrected chi connectivity index (χ2v) is 10.8. The Balaban J connectivity index is 0.00000336. The van der Waals surface area contributed by atoms with Gasteiger partial charge in [0.15, 0.2) is 5.43 Å². The van der Waals surface area contributed by atoms with Crippen molar-refractivity contribution >= 4 is 11.8 Å². The van der Waals surface area contributed by atoms with Crippen molar-refractivity contribution < 1.29 is 53.0 Å². The van der Waals surface area contributed by atoms with E-state index in [0.717, 1.165) is 44.8 Å². The molecule has 1 aromatic carbocycles. The maximum atomic E-state index is 14.0. The summed E-state index contributed by atoms with van der Waals surface area (Å²) in [7, 11) is 0. The Hall–Kier alpha value is -2.27. The van der Waals surface area contributed by atoms with Crippen LogP contribution in [0.25, 0.3) is 0 Å². The van der Waals surface area contributed by atoms with Crippen LogP contribution in [0.1, 0.15) is 65.9 Å². The second-order valence-electron chi connectivity index (χ2n) is 10.8. The van der Waals surface area contributed by atoms with Gasteiger partial charge in [-0.05, 0) is 36.5 Å². The summed E-state index contributed by atoms with van der Waals surface area (Å²) in [6, 6.07) is 3.00. The molecule has 1 aliphatic carbocycles. The molecule has 8 nitrogen and oxygen atoms in total. The van der Waals surface area contributed by atoms with Crippen LogP contribution >= 0.6 is 0 Å². The molecule has 1 N–H and O–H groups in total. The molecule has 2 amide bonds. The summed E-state index contributed by atoms with van der Waals surface area (Å²) in [6.07, 6.45) is 5.04. The molecule has 38 heavy (non-hydrogen) atoms. The number of hydrogen-bond donors (Lipinski definition) is 1. The van der Waals surface area contributed by atoms with Crippen LogP contribution in [0.5, 0.6) is 5.75 Å². The quantitative estimate of drug-likeness (QED) is 0.518. The molecular formula is C27H31F2N4NaO4. The van der Waals surface area contributed by atoms with Gasteiger partial charge < -0.3 is 19.9 Å². The number of pyridine rings is 1. The van der Waals surface area contributed by atoms with Crippen molar-refractivity contribution in [2.75, 3.05) is 13.1 Å². The van der Waals surface area contributed by atoms with Crippen molar-refractivity contribution in [2.45, 2.75) is 64.8 Å². The number of fused-ring (bicyclic) bond motifs is 4. The number of rotatable bonds is 5. The number of benzene rings is 1. The third kappa shape index (κ3) is 5.28. The molecule has 3 unspecified atom stereocenters. The average molecular weight is 537 g/mol. The predicted molar refractivity (Wildman–Crippen MR) is 130 cm³/mol. The van der Waals surface area contributed by atoms with E-state index < -0.39 is 40.2 Å². The summed E-state index contributed by atoms with van der Waals surface area (Å²) >= 11 is 0. The second kappa shape index (κ2) is 11.5. The van der Waals surface area contributed by atoms with Crippen molar-refractivity contribution in [3.05, 3.63) is 63.1 Å².